The predicted molar refractivity (Wildman–Crippen MR) is 113 cm³/mol. The first-order valence-electron chi connectivity index (χ1n) is 9.70. The molecule has 0 saturated carbocycles. The summed E-state index contributed by atoms with van der Waals surface area (Å²) in [4.78, 5) is 27.1. The summed E-state index contributed by atoms with van der Waals surface area (Å²) < 4.78 is 11.9. The van der Waals surface area contributed by atoms with Crippen LogP contribution in [0.3, 0.4) is 0 Å². The van der Waals surface area contributed by atoms with Crippen molar-refractivity contribution >= 4 is 34.9 Å². The van der Waals surface area contributed by atoms with Gasteiger partial charge in [0.1, 0.15) is 0 Å². The molecule has 1 saturated heterocycles. The number of ether oxygens (including phenoxy) is 2. The molecule has 2 unspecified atom stereocenters. The average Bonchev–Trinajstić information content (AvgIpc) is 3.34. The molecule has 2 heterocycles. The largest absolute Gasteiger partial charge is 0.449 e. The summed E-state index contributed by atoms with van der Waals surface area (Å²) >= 11 is 7.16. The molecule has 29 heavy (non-hydrogen) atoms. The lowest BCUT2D eigenvalue weighted by atomic mass is 10.2. The Morgan fingerprint density at radius 2 is 2.00 bits per heavy atom. The maximum Gasteiger partial charge on any atom is 0.409 e. The fourth-order valence-corrected chi connectivity index (χ4v) is 4.03. The van der Waals surface area contributed by atoms with Crippen LogP contribution in [0.15, 0.2) is 42.5 Å². The van der Waals surface area contributed by atoms with Crippen LogP contribution in [-0.4, -0.2) is 48.7 Å². The Hall–Kier alpha value is -2.09. The van der Waals surface area contributed by atoms with Crippen LogP contribution in [0, 0.1) is 0 Å². The molecule has 1 aliphatic rings. The van der Waals surface area contributed by atoms with E-state index < -0.39 is 0 Å². The fourth-order valence-electron chi connectivity index (χ4n) is 3.08. The van der Waals surface area contributed by atoms with Gasteiger partial charge in [0.25, 0.3) is 5.91 Å². The second kappa shape index (κ2) is 10.6. The van der Waals surface area contributed by atoms with Crippen LogP contribution in [0.5, 0.6) is 0 Å². The van der Waals surface area contributed by atoms with Gasteiger partial charge in [-0.3, -0.25) is 4.79 Å². The minimum atomic E-state index is -0.373. The van der Waals surface area contributed by atoms with Crippen molar-refractivity contribution < 1.29 is 19.1 Å². The molecule has 0 spiro atoms. The monoisotopic (exact) mass is 436 g/mol. The van der Waals surface area contributed by atoms with Gasteiger partial charge in [0.2, 0.25) is 0 Å². The van der Waals surface area contributed by atoms with E-state index in [1.165, 1.54) is 11.3 Å². The molecule has 156 valence electrons. The lowest BCUT2D eigenvalue weighted by Crippen LogP contribution is -2.43. The quantitative estimate of drug-likeness (QED) is 0.625. The minimum Gasteiger partial charge on any atom is -0.449 e. The highest BCUT2D eigenvalue weighted by molar-refractivity contribution is 7.18. The van der Waals surface area contributed by atoms with Gasteiger partial charge in [0.05, 0.1) is 41.1 Å². The highest BCUT2D eigenvalue weighted by Crippen LogP contribution is 2.23. The van der Waals surface area contributed by atoms with Gasteiger partial charge in [-0.1, -0.05) is 55.3 Å². The first-order chi connectivity index (χ1) is 14.1. The second-order valence-corrected chi connectivity index (χ2v) is 8.61. The van der Waals surface area contributed by atoms with E-state index in [4.69, 9.17) is 21.1 Å². The molecule has 1 N–H and O–H groups in total. The third kappa shape index (κ3) is 6.19. The van der Waals surface area contributed by atoms with Crippen molar-refractivity contribution in [2.24, 2.45) is 0 Å². The van der Waals surface area contributed by atoms with Crippen LogP contribution >= 0.6 is 22.9 Å². The van der Waals surface area contributed by atoms with Gasteiger partial charge in [0.15, 0.2) is 0 Å². The molecule has 2 aromatic rings. The van der Waals surface area contributed by atoms with E-state index in [-0.39, 0.29) is 24.1 Å². The molecule has 0 aliphatic carbocycles. The van der Waals surface area contributed by atoms with E-state index in [2.05, 4.69) is 5.32 Å². The Morgan fingerprint density at radius 1 is 1.21 bits per heavy atom. The fraction of sp³-hybridized carbons (Fsp3) is 0.429. The topological polar surface area (TPSA) is 67.9 Å². The van der Waals surface area contributed by atoms with Crippen molar-refractivity contribution in [3.8, 4) is 0 Å². The van der Waals surface area contributed by atoms with Crippen molar-refractivity contribution in [3.05, 3.63) is 57.2 Å². The zero-order valence-corrected chi connectivity index (χ0v) is 17.9. The van der Waals surface area contributed by atoms with Crippen LogP contribution in [0.4, 0.5) is 4.79 Å². The van der Waals surface area contributed by atoms with E-state index >= 15 is 0 Å². The number of likely N-dealkylation sites (tertiary alicyclic amines) is 1. The number of amides is 2. The summed E-state index contributed by atoms with van der Waals surface area (Å²) in [7, 11) is 0. The number of carbonyl (C=O) groups is 2. The molecule has 1 aromatic carbocycles. The molecule has 2 atom stereocenters. The summed E-state index contributed by atoms with van der Waals surface area (Å²) in [5.74, 6) is -0.221. The Morgan fingerprint density at radius 3 is 2.69 bits per heavy atom. The number of carbonyl (C=O) groups excluding carboxylic acids is 2. The van der Waals surface area contributed by atoms with Crippen LogP contribution in [-0.2, 0) is 16.1 Å². The zero-order chi connectivity index (χ0) is 20.6. The second-order valence-electron chi connectivity index (χ2n) is 6.89. The molecular formula is C21H25ClN2O4S. The molecule has 1 aromatic heterocycles. The summed E-state index contributed by atoms with van der Waals surface area (Å²) in [5, 5.41) is 2.99. The molecular weight excluding hydrogens is 412 g/mol. The van der Waals surface area contributed by atoms with Crippen molar-refractivity contribution in [1.29, 1.82) is 0 Å². The van der Waals surface area contributed by atoms with Crippen LogP contribution < -0.4 is 5.32 Å². The number of thiophene rings is 1. The first kappa shape index (κ1) is 21.6. The van der Waals surface area contributed by atoms with Gasteiger partial charge in [-0.2, -0.15) is 0 Å². The molecule has 1 fully saturated rings. The third-order valence-corrected chi connectivity index (χ3v) is 5.90. The van der Waals surface area contributed by atoms with E-state index in [1.807, 2.05) is 37.3 Å². The van der Waals surface area contributed by atoms with Crippen LogP contribution in [0.25, 0.3) is 0 Å². The Balaban J connectivity index is 1.63. The van der Waals surface area contributed by atoms with E-state index in [0.29, 0.717) is 35.5 Å². The van der Waals surface area contributed by atoms with E-state index in [1.54, 1.807) is 17.0 Å². The number of benzene rings is 1. The van der Waals surface area contributed by atoms with Gasteiger partial charge < -0.3 is 19.7 Å². The van der Waals surface area contributed by atoms with Gasteiger partial charge in [-0.25, -0.2) is 4.79 Å². The molecule has 6 nitrogen and oxygen atoms in total. The average molecular weight is 437 g/mol. The maximum atomic E-state index is 12.6. The van der Waals surface area contributed by atoms with Crippen molar-refractivity contribution in [3.63, 3.8) is 0 Å². The lowest BCUT2D eigenvalue weighted by molar-refractivity contribution is 0.0303. The summed E-state index contributed by atoms with van der Waals surface area (Å²) in [5.41, 5.74) is 1.03. The number of hydrogen-bond donors (Lipinski definition) is 1. The number of nitrogens with one attached hydrogen (secondary N) is 1. The smallest absolute Gasteiger partial charge is 0.409 e. The van der Waals surface area contributed by atoms with E-state index in [0.717, 1.165) is 18.4 Å². The third-order valence-electron chi connectivity index (χ3n) is 4.67. The normalized spacial score (nSPS) is 18.6. The molecule has 0 radical (unpaired) electrons. The summed E-state index contributed by atoms with van der Waals surface area (Å²) in [6.45, 7) is 3.55. The molecule has 8 heteroatoms. The van der Waals surface area contributed by atoms with Crippen molar-refractivity contribution in [2.45, 2.75) is 38.5 Å². The standard InChI is InChI=1S/C21H25ClN2O4S/c1-2-3-11-27-21(26)24-12-16(23-20(25)18-9-10-19(22)29-18)17(13-24)28-14-15-7-5-4-6-8-15/h4-10,16-17H,2-3,11-14H2,1H3,(H,23,25). The Bertz CT molecular complexity index is 814. The Labute approximate surface area is 179 Å². The van der Waals surface area contributed by atoms with Crippen LogP contribution in [0.2, 0.25) is 4.34 Å². The van der Waals surface area contributed by atoms with Crippen molar-refractivity contribution in [2.75, 3.05) is 19.7 Å². The zero-order valence-electron chi connectivity index (χ0n) is 16.3. The predicted octanol–water partition coefficient (Wildman–Crippen LogP) is 4.34. The Kier molecular flexibility index (Phi) is 7.91. The van der Waals surface area contributed by atoms with Gasteiger partial charge in [-0.05, 0) is 24.1 Å². The number of rotatable bonds is 8. The lowest BCUT2D eigenvalue weighted by Gasteiger charge is -2.19. The summed E-state index contributed by atoms with van der Waals surface area (Å²) in [6.07, 6.45) is 1.08. The number of nitrogens with zero attached hydrogens (tertiary/aromatic N) is 1. The summed E-state index contributed by atoms with van der Waals surface area (Å²) in [6, 6.07) is 12.9. The molecule has 2 amide bonds. The SMILES string of the molecule is CCCCOC(=O)N1CC(NC(=O)c2ccc(Cl)s2)C(OCc2ccccc2)C1. The van der Waals surface area contributed by atoms with Gasteiger partial charge >= 0.3 is 6.09 Å². The van der Waals surface area contributed by atoms with Gasteiger partial charge in [-0.15, -0.1) is 11.3 Å². The van der Waals surface area contributed by atoms with Crippen molar-refractivity contribution in [1.82, 2.24) is 10.2 Å². The molecule has 0 bridgehead atoms. The number of halogens is 1. The highest BCUT2D eigenvalue weighted by Gasteiger charge is 2.38. The number of hydrogen-bond acceptors (Lipinski definition) is 5. The molecule has 3 rings (SSSR count). The number of unbranched alkanes of at least 4 members (excludes halogenated alkanes) is 1. The van der Waals surface area contributed by atoms with Crippen LogP contribution in [0.1, 0.15) is 35.0 Å². The maximum absolute atomic E-state index is 12.6. The highest BCUT2D eigenvalue weighted by atomic mass is 35.5. The van der Waals surface area contributed by atoms with E-state index in [9.17, 15) is 9.59 Å². The first-order valence-corrected chi connectivity index (χ1v) is 10.9. The minimum absolute atomic E-state index is 0.221. The van der Waals surface area contributed by atoms with Gasteiger partial charge in [0, 0.05) is 6.54 Å². The molecule has 1 aliphatic heterocycles.